The Morgan fingerprint density at radius 2 is 2.05 bits per heavy atom. The Hall–Kier alpha value is -1.55. The third kappa shape index (κ3) is 2.77. The number of aryl methyl sites for hydroxylation is 1. The second-order valence-corrected chi connectivity index (χ2v) is 5.92. The summed E-state index contributed by atoms with van der Waals surface area (Å²) < 4.78 is 1.88. The molecule has 0 radical (unpaired) electrons. The summed E-state index contributed by atoms with van der Waals surface area (Å²) in [4.78, 5) is 4.64. The summed E-state index contributed by atoms with van der Waals surface area (Å²) in [5, 5.41) is 1.11. The number of hydrogen-bond donors (Lipinski definition) is 1. The first kappa shape index (κ1) is 14.4. The van der Waals surface area contributed by atoms with E-state index in [9.17, 15) is 0 Å². The van der Waals surface area contributed by atoms with Crippen molar-refractivity contribution in [2.75, 3.05) is 0 Å². The first-order valence-electron chi connectivity index (χ1n) is 6.69. The fourth-order valence-electron chi connectivity index (χ4n) is 2.54. The number of nitrogens with two attached hydrogens (primary N) is 1. The van der Waals surface area contributed by atoms with E-state index in [2.05, 4.69) is 30.1 Å². The largest absolute Gasteiger partial charge is 0.325 e. The molecule has 0 bridgehead atoms. The van der Waals surface area contributed by atoms with Crippen molar-refractivity contribution in [2.24, 2.45) is 5.73 Å². The average molecular weight is 320 g/mol. The number of benzene rings is 1. The number of aromatic nitrogens is 2. The molecule has 3 aromatic rings. The number of hydrogen-bond acceptors (Lipinski definition) is 2. The van der Waals surface area contributed by atoms with E-state index in [4.69, 9.17) is 28.9 Å². The van der Waals surface area contributed by atoms with E-state index >= 15 is 0 Å². The zero-order valence-electron chi connectivity index (χ0n) is 11.6. The summed E-state index contributed by atoms with van der Waals surface area (Å²) in [6.07, 6.45) is 2.53. The number of fused-ring (bicyclic) bond motifs is 1. The highest BCUT2D eigenvalue weighted by Crippen LogP contribution is 2.25. The van der Waals surface area contributed by atoms with Gasteiger partial charge in [-0.2, -0.15) is 0 Å². The second-order valence-electron chi connectivity index (χ2n) is 5.08. The number of pyridine rings is 1. The van der Waals surface area contributed by atoms with Gasteiger partial charge in [-0.15, -0.1) is 0 Å². The van der Waals surface area contributed by atoms with Crippen LogP contribution < -0.4 is 5.73 Å². The maximum Gasteiger partial charge on any atom is 0.156 e. The van der Waals surface area contributed by atoms with E-state index < -0.39 is 0 Å². The molecule has 108 valence electrons. The lowest BCUT2D eigenvalue weighted by Gasteiger charge is -2.04. The lowest BCUT2D eigenvalue weighted by atomic mass is 10.1. The van der Waals surface area contributed by atoms with Gasteiger partial charge in [-0.05, 0) is 18.6 Å². The number of rotatable bonds is 3. The minimum Gasteiger partial charge on any atom is -0.325 e. The molecule has 3 nitrogen and oxygen atoms in total. The topological polar surface area (TPSA) is 43.3 Å². The highest BCUT2D eigenvalue weighted by Gasteiger charge is 2.14. The summed E-state index contributed by atoms with van der Waals surface area (Å²) in [7, 11) is 0. The first-order chi connectivity index (χ1) is 10.1. The summed E-state index contributed by atoms with van der Waals surface area (Å²) in [5.74, 6) is 0. The van der Waals surface area contributed by atoms with Crippen molar-refractivity contribution in [1.82, 2.24) is 9.38 Å². The van der Waals surface area contributed by atoms with Crippen LogP contribution in [-0.2, 0) is 13.0 Å². The molecule has 0 saturated carbocycles. The molecule has 1 aromatic carbocycles. The van der Waals surface area contributed by atoms with E-state index in [0.717, 1.165) is 17.8 Å². The average Bonchev–Trinajstić information content (AvgIpc) is 2.76. The first-order valence-corrected chi connectivity index (χ1v) is 7.44. The molecule has 2 heterocycles. The van der Waals surface area contributed by atoms with Crippen LogP contribution in [0, 0.1) is 6.92 Å². The fourth-order valence-corrected chi connectivity index (χ4v) is 3.05. The molecule has 0 atom stereocenters. The Bertz CT molecular complexity index is 809. The van der Waals surface area contributed by atoms with Crippen LogP contribution in [0.1, 0.15) is 22.5 Å². The third-order valence-corrected chi connectivity index (χ3v) is 3.96. The molecule has 0 unspecified atom stereocenters. The van der Waals surface area contributed by atoms with Crippen molar-refractivity contribution in [3.05, 3.63) is 69.1 Å². The van der Waals surface area contributed by atoms with Gasteiger partial charge in [-0.25, -0.2) is 4.98 Å². The second kappa shape index (κ2) is 5.68. The van der Waals surface area contributed by atoms with Crippen molar-refractivity contribution in [3.63, 3.8) is 0 Å². The smallest absolute Gasteiger partial charge is 0.156 e. The molecule has 0 aliphatic carbocycles. The molecule has 2 aromatic heterocycles. The lowest BCUT2D eigenvalue weighted by Crippen LogP contribution is -2.05. The molecule has 0 aliphatic heterocycles. The van der Waals surface area contributed by atoms with Gasteiger partial charge in [-0.3, -0.25) is 4.40 Å². The zero-order chi connectivity index (χ0) is 15.0. The maximum atomic E-state index is 6.22. The molecule has 0 saturated heterocycles. The van der Waals surface area contributed by atoms with E-state index in [0.29, 0.717) is 22.2 Å². The van der Waals surface area contributed by atoms with E-state index in [1.165, 1.54) is 11.1 Å². The Morgan fingerprint density at radius 3 is 2.76 bits per heavy atom. The summed E-state index contributed by atoms with van der Waals surface area (Å²) in [5.41, 5.74) is 10.9. The molecule has 0 spiro atoms. The van der Waals surface area contributed by atoms with Crippen molar-refractivity contribution >= 4 is 28.8 Å². The fraction of sp³-hybridized carbons (Fsp3) is 0.188. The quantitative estimate of drug-likeness (QED) is 0.793. The lowest BCUT2D eigenvalue weighted by molar-refractivity contribution is 0.925. The molecule has 2 N–H and O–H groups in total. The number of nitrogens with zero attached hydrogens (tertiary/aromatic N) is 2. The third-order valence-electron chi connectivity index (χ3n) is 3.47. The van der Waals surface area contributed by atoms with Gasteiger partial charge in [0, 0.05) is 19.2 Å². The summed E-state index contributed by atoms with van der Waals surface area (Å²) in [6, 6.07) is 10.1. The predicted octanol–water partition coefficient (Wildman–Crippen LogP) is 4.00. The summed E-state index contributed by atoms with van der Waals surface area (Å²) in [6.45, 7) is 2.46. The maximum absolute atomic E-state index is 6.22. The van der Waals surface area contributed by atoms with E-state index in [1.807, 2.05) is 10.5 Å². The van der Waals surface area contributed by atoms with Crippen LogP contribution in [0.25, 0.3) is 5.65 Å². The van der Waals surface area contributed by atoms with Crippen molar-refractivity contribution in [2.45, 2.75) is 19.9 Å². The highest BCUT2D eigenvalue weighted by molar-refractivity contribution is 6.36. The van der Waals surface area contributed by atoms with Crippen LogP contribution in [0.15, 0.2) is 36.5 Å². The molecule has 21 heavy (non-hydrogen) atoms. The Kier molecular flexibility index (Phi) is 3.89. The van der Waals surface area contributed by atoms with Crippen LogP contribution in [0.3, 0.4) is 0 Å². The Balaban J connectivity index is 2.12. The molecular weight excluding hydrogens is 305 g/mol. The van der Waals surface area contributed by atoms with Gasteiger partial charge in [0.25, 0.3) is 0 Å². The molecule has 3 rings (SSSR count). The normalized spacial score (nSPS) is 11.2. The Labute approximate surface area is 133 Å². The van der Waals surface area contributed by atoms with Gasteiger partial charge in [0.15, 0.2) is 5.65 Å². The predicted molar refractivity (Wildman–Crippen MR) is 87.1 cm³/mol. The van der Waals surface area contributed by atoms with Gasteiger partial charge in [0.05, 0.1) is 21.4 Å². The number of imidazole rings is 1. The Morgan fingerprint density at radius 1 is 1.24 bits per heavy atom. The van der Waals surface area contributed by atoms with Crippen LogP contribution in [-0.4, -0.2) is 9.38 Å². The molecule has 5 heteroatoms. The van der Waals surface area contributed by atoms with Crippen LogP contribution in [0.2, 0.25) is 10.0 Å². The van der Waals surface area contributed by atoms with Gasteiger partial charge in [0.1, 0.15) is 0 Å². The minimum absolute atomic E-state index is 0.388. The number of halogens is 2. The van der Waals surface area contributed by atoms with E-state index in [1.54, 1.807) is 12.3 Å². The van der Waals surface area contributed by atoms with Gasteiger partial charge < -0.3 is 5.73 Å². The zero-order valence-corrected chi connectivity index (χ0v) is 13.1. The molecule has 0 fully saturated rings. The van der Waals surface area contributed by atoms with E-state index in [-0.39, 0.29) is 0 Å². The standard InChI is InChI=1S/C16H15Cl2N3/c1-10-3-2-4-11(5-10)6-14-15(8-19)21-9-12(17)7-13(18)16(21)20-14/h2-5,7,9H,6,8,19H2,1H3. The van der Waals surface area contributed by atoms with Gasteiger partial charge >= 0.3 is 0 Å². The van der Waals surface area contributed by atoms with Crippen molar-refractivity contribution in [3.8, 4) is 0 Å². The monoisotopic (exact) mass is 319 g/mol. The van der Waals surface area contributed by atoms with Crippen molar-refractivity contribution < 1.29 is 0 Å². The minimum atomic E-state index is 0.388. The highest BCUT2D eigenvalue weighted by atomic mass is 35.5. The van der Waals surface area contributed by atoms with Gasteiger partial charge in [0.2, 0.25) is 0 Å². The molecular formula is C16H15Cl2N3. The van der Waals surface area contributed by atoms with Crippen LogP contribution >= 0.6 is 23.2 Å². The van der Waals surface area contributed by atoms with Gasteiger partial charge in [-0.1, -0.05) is 53.0 Å². The molecule has 0 aliphatic rings. The summed E-state index contributed by atoms with van der Waals surface area (Å²) >= 11 is 12.3. The SMILES string of the molecule is Cc1cccc(Cc2nc3c(Cl)cc(Cl)cn3c2CN)c1. The van der Waals surface area contributed by atoms with Crippen LogP contribution in [0.5, 0.6) is 0 Å². The molecule has 0 amide bonds. The van der Waals surface area contributed by atoms with Crippen molar-refractivity contribution in [1.29, 1.82) is 0 Å². The van der Waals surface area contributed by atoms with Crippen LogP contribution in [0.4, 0.5) is 0 Å².